The van der Waals surface area contributed by atoms with Gasteiger partial charge in [0, 0.05) is 44.1 Å². The Morgan fingerprint density at radius 2 is 1.10 bits per heavy atom. The first kappa shape index (κ1) is 19.4. The summed E-state index contributed by atoms with van der Waals surface area (Å²) in [6.45, 7) is 5.20. The predicted octanol–water partition coefficient (Wildman–Crippen LogP) is 4.17. The van der Waals surface area contributed by atoms with E-state index in [0.717, 1.165) is 44.1 Å². The molecule has 0 saturated carbocycles. The Morgan fingerprint density at radius 3 is 1.62 bits per heavy atom. The molecule has 0 radical (unpaired) electrons. The summed E-state index contributed by atoms with van der Waals surface area (Å²) in [5, 5.41) is 0. The zero-order chi connectivity index (χ0) is 19.9. The number of carbonyl (C=O) groups is 1. The highest BCUT2D eigenvalue weighted by Crippen LogP contribution is 2.25. The van der Waals surface area contributed by atoms with Crippen molar-refractivity contribution in [3.8, 4) is 0 Å². The summed E-state index contributed by atoms with van der Waals surface area (Å²) in [6, 6.07) is 30.4. The number of carbonyl (C=O) groups excluding carboxylic acids is 1. The van der Waals surface area contributed by atoms with Crippen molar-refractivity contribution in [3.63, 3.8) is 0 Å². The lowest BCUT2D eigenvalue weighted by molar-refractivity contribution is -0.119. The molecule has 1 amide bonds. The van der Waals surface area contributed by atoms with Gasteiger partial charge in [-0.2, -0.15) is 0 Å². The number of benzene rings is 3. The Bertz CT molecular complexity index is 852. The van der Waals surface area contributed by atoms with Crippen molar-refractivity contribution in [2.45, 2.75) is 6.54 Å². The third kappa shape index (κ3) is 5.11. The van der Waals surface area contributed by atoms with Crippen LogP contribution in [0.2, 0.25) is 0 Å². The van der Waals surface area contributed by atoms with E-state index < -0.39 is 0 Å². The lowest BCUT2D eigenvalue weighted by atomic mass is 10.2. The number of rotatable bonds is 6. The van der Waals surface area contributed by atoms with Crippen molar-refractivity contribution in [3.05, 3.63) is 96.6 Å². The van der Waals surface area contributed by atoms with Crippen LogP contribution in [0.25, 0.3) is 0 Å². The maximum atomic E-state index is 13.3. The molecule has 1 aliphatic rings. The first-order valence-corrected chi connectivity index (χ1v) is 10.2. The van der Waals surface area contributed by atoms with Gasteiger partial charge in [-0.15, -0.1) is 0 Å². The summed E-state index contributed by atoms with van der Waals surface area (Å²) in [7, 11) is 0. The summed E-state index contributed by atoms with van der Waals surface area (Å²) >= 11 is 0. The van der Waals surface area contributed by atoms with E-state index >= 15 is 0 Å². The van der Waals surface area contributed by atoms with Crippen LogP contribution in [0.1, 0.15) is 5.56 Å². The van der Waals surface area contributed by atoms with Crippen molar-refractivity contribution >= 4 is 17.3 Å². The van der Waals surface area contributed by atoms with Gasteiger partial charge in [0.15, 0.2) is 0 Å². The van der Waals surface area contributed by atoms with E-state index in [0.29, 0.717) is 6.54 Å². The van der Waals surface area contributed by atoms with E-state index in [-0.39, 0.29) is 5.91 Å². The molecule has 148 valence electrons. The number of nitrogens with zero attached hydrogens (tertiary/aromatic N) is 3. The molecule has 0 aliphatic carbocycles. The zero-order valence-electron chi connectivity index (χ0n) is 16.7. The van der Waals surface area contributed by atoms with E-state index in [1.807, 2.05) is 65.6 Å². The lowest BCUT2D eigenvalue weighted by Crippen LogP contribution is -2.49. The molecule has 4 nitrogen and oxygen atoms in total. The Labute approximate surface area is 173 Å². The average Bonchev–Trinajstić information content (AvgIpc) is 2.78. The molecule has 0 N–H and O–H groups in total. The topological polar surface area (TPSA) is 26.8 Å². The fraction of sp³-hybridized carbons (Fsp3) is 0.240. The molecule has 4 rings (SSSR count). The number of para-hydroxylation sites is 2. The molecule has 0 aromatic heterocycles. The standard InChI is InChI=1S/C25H27N3O/c29-25(28(23-12-6-2-7-13-23)24-14-8-3-9-15-24)21-27-18-16-26(17-19-27)20-22-10-4-1-5-11-22/h1-15H,16-21H2. The zero-order valence-corrected chi connectivity index (χ0v) is 16.7. The van der Waals surface area contributed by atoms with E-state index in [2.05, 4.69) is 40.1 Å². The normalized spacial score (nSPS) is 15.2. The highest BCUT2D eigenvalue weighted by Gasteiger charge is 2.23. The second-order valence-electron chi connectivity index (χ2n) is 7.44. The van der Waals surface area contributed by atoms with Crippen molar-refractivity contribution in [2.24, 2.45) is 0 Å². The highest BCUT2D eigenvalue weighted by molar-refractivity contribution is 6.01. The van der Waals surface area contributed by atoms with Gasteiger partial charge in [0.2, 0.25) is 5.91 Å². The Hall–Kier alpha value is -2.95. The molecule has 1 heterocycles. The lowest BCUT2D eigenvalue weighted by Gasteiger charge is -2.35. The second-order valence-corrected chi connectivity index (χ2v) is 7.44. The summed E-state index contributed by atoms with van der Waals surface area (Å²) in [4.78, 5) is 19.8. The Balaban J connectivity index is 1.39. The summed E-state index contributed by atoms with van der Waals surface area (Å²) in [6.07, 6.45) is 0. The molecule has 3 aromatic carbocycles. The van der Waals surface area contributed by atoms with Crippen LogP contribution < -0.4 is 4.90 Å². The molecule has 0 bridgehead atoms. The third-order valence-corrected chi connectivity index (χ3v) is 5.35. The predicted molar refractivity (Wildman–Crippen MR) is 118 cm³/mol. The largest absolute Gasteiger partial charge is 0.297 e. The van der Waals surface area contributed by atoms with E-state index in [4.69, 9.17) is 0 Å². The average molecular weight is 386 g/mol. The SMILES string of the molecule is O=C(CN1CCN(Cc2ccccc2)CC1)N(c1ccccc1)c1ccccc1. The van der Waals surface area contributed by atoms with E-state index in [1.165, 1.54) is 5.56 Å². The first-order chi connectivity index (χ1) is 14.3. The molecule has 0 atom stereocenters. The van der Waals surface area contributed by atoms with E-state index in [9.17, 15) is 4.79 Å². The number of anilines is 2. The smallest absolute Gasteiger partial charge is 0.245 e. The van der Waals surface area contributed by atoms with Gasteiger partial charge in [-0.05, 0) is 29.8 Å². The monoisotopic (exact) mass is 385 g/mol. The number of amides is 1. The van der Waals surface area contributed by atoms with Crippen LogP contribution in [0.15, 0.2) is 91.0 Å². The van der Waals surface area contributed by atoms with Crippen LogP contribution in [0.4, 0.5) is 11.4 Å². The molecule has 1 fully saturated rings. The third-order valence-electron chi connectivity index (χ3n) is 5.35. The molecular weight excluding hydrogens is 358 g/mol. The maximum Gasteiger partial charge on any atom is 0.245 e. The molecule has 3 aromatic rings. The fourth-order valence-electron chi connectivity index (χ4n) is 3.80. The van der Waals surface area contributed by atoms with Gasteiger partial charge in [-0.25, -0.2) is 0 Å². The molecule has 0 unspecified atom stereocenters. The number of hydrogen-bond acceptors (Lipinski definition) is 3. The fourth-order valence-corrected chi connectivity index (χ4v) is 3.80. The van der Waals surface area contributed by atoms with E-state index in [1.54, 1.807) is 0 Å². The van der Waals surface area contributed by atoms with Gasteiger partial charge >= 0.3 is 0 Å². The van der Waals surface area contributed by atoms with Crippen LogP contribution in [-0.2, 0) is 11.3 Å². The molecule has 0 spiro atoms. The van der Waals surface area contributed by atoms with Gasteiger partial charge in [0.1, 0.15) is 0 Å². The first-order valence-electron chi connectivity index (χ1n) is 10.2. The minimum Gasteiger partial charge on any atom is -0.297 e. The van der Waals surface area contributed by atoms with Crippen molar-refractivity contribution in [2.75, 3.05) is 37.6 Å². The molecule has 4 heteroatoms. The number of piperazine rings is 1. The molecular formula is C25H27N3O. The van der Waals surface area contributed by atoms with Crippen molar-refractivity contribution in [1.29, 1.82) is 0 Å². The van der Waals surface area contributed by atoms with Crippen LogP contribution >= 0.6 is 0 Å². The van der Waals surface area contributed by atoms with Gasteiger partial charge in [0.25, 0.3) is 0 Å². The summed E-state index contributed by atoms with van der Waals surface area (Å²) < 4.78 is 0. The Morgan fingerprint density at radius 1 is 0.655 bits per heavy atom. The van der Waals surface area contributed by atoms with Gasteiger partial charge in [0.05, 0.1) is 6.54 Å². The number of hydrogen-bond donors (Lipinski definition) is 0. The maximum absolute atomic E-state index is 13.3. The van der Waals surface area contributed by atoms with Crippen LogP contribution in [0.3, 0.4) is 0 Å². The van der Waals surface area contributed by atoms with Crippen LogP contribution in [0.5, 0.6) is 0 Å². The summed E-state index contributed by atoms with van der Waals surface area (Å²) in [5.74, 6) is 0.110. The summed E-state index contributed by atoms with van der Waals surface area (Å²) in [5.41, 5.74) is 3.16. The van der Waals surface area contributed by atoms with Crippen molar-refractivity contribution in [1.82, 2.24) is 9.80 Å². The molecule has 1 aliphatic heterocycles. The molecule has 29 heavy (non-hydrogen) atoms. The minimum absolute atomic E-state index is 0.110. The highest BCUT2D eigenvalue weighted by atomic mass is 16.2. The van der Waals surface area contributed by atoms with Gasteiger partial charge in [-0.1, -0.05) is 66.7 Å². The van der Waals surface area contributed by atoms with Gasteiger partial charge in [-0.3, -0.25) is 19.5 Å². The van der Waals surface area contributed by atoms with Gasteiger partial charge < -0.3 is 0 Å². The van der Waals surface area contributed by atoms with Crippen molar-refractivity contribution < 1.29 is 4.79 Å². The quantitative estimate of drug-likeness (QED) is 0.637. The molecule has 1 saturated heterocycles. The second kappa shape index (κ2) is 9.50. The van der Waals surface area contributed by atoms with Crippen LogP contribution in [-0.4, -0.2) is 48.4 Å². The Kier molecular flexibility index (Phi) is 6.35. The van der Waals surface area contributed by atoms with Crippen LogP contribution in [0, 0.1) is 0 Å². The minimum atomic E-state index is 0.110.